The molecule has 7 aromatic rings. The SMILES string of the molecule is CC1CCCC(C(O)C(c2ccccc2)c2ccccc2)C1.CC1CCCC2C(C(c3ccccc3)c3ccccc3)n3ncc(=O)c(O)c3C(=O)N12.CC1CCCCC1.O=CC(c1ccccc1)c1ccccc1. The molecule has 390 valence electrons. The first-order valence-electron chi connectivity index (χ1n) is 27.7. The van der Waals surface area contributed by atoms with Gasteiger partial charge in [0.05, 0.1) is 30.3 Å². The minimum Gasteiger partial charge on any atom is -0.502 e. The maximum absolute atomic E-state index is 13.4. The molecule has 8 heteroatoms. The summed E-state index contributed by atoms with van der Waals surface area (Å²) in [7, 11) is 0. The molecular formula is C67H77N3O5. The predicted octanol–water partition coefficient (Wildman–Crippen LogP) is 14.3. The van der Waals surface area contributed by atoms with Crippen LogP contribution in [0.3, 0.4) is 0 Å². The summed E-state index contributed by atoms with van der Waals surface area (Å²) in [5, 5.41) is 26.2. The van der Waals surface area contributed by atoms with Crippen molar-refractivity contribution in [1.82, 2.24) is 14.7 Å². The number of rotatable bonds is 10. The number of carbonyl (C=O) groups excluding carboxylic acids is 2. The molecule has 1 aromatic heterocycles. The van der Waals surface area contributed by atoms with Crippen LogP contribution in [0.15, 0.2) is 193 Å². The number of amides is 1. The monoisotopic (exact) mass is 1000 g/mol. The lowest BCUT2D eigenvalue weighted by Crippen LogP contribution is -2.58. The highest BCUT2D eigenvalue weighted by molar-refractivity contribution is 5.96. The van der Waals surface area contributed by atoms with Gasteiger partial charge in [-0.25, -0.2) is 0 Å². The third kappa shape index (κ3) is 13.7. The van der Waals surface area contributed by atoms with Gasteiger partial charge in [-0.15, -0.1) is 0 Å². The number of nitrogens with zero attached hydrogens (tertiary/aromatic N) is 3. The molecule has 0 bridgehead atoms. The molecule has 1 saturated heterocycles. The number of aldehydes is 1. The summed E-state index contributed by atoms with van der Waals surface area (Å²) >= 11 is 0. The van der Waals surface area contributed by atoms with E-state index in [1.165, 1.54) is 56.1 Å². The van der Waals surface area contributed by atoms with Crippen LogP contribution >= 0.6 is 0 Å². The van der Waals surface area contributed by atoms with Gasteiger partial charge in [0.25, 0.3) is 5.91 Å². The van der Waals surface area contributed by atoms with Crippen LogP contribution in [0.1, 0.15) is 165 Å². The van der Waals surface area contributed by atoms with E-state index in [0.29, 0.717) is 5.92 Å². The average Bonchev–Trinajstić information content (AvgIpc) is 3.46. The van der Waals surface area contributed by atoms with Crippen molar-refractivity contribution in [2.24, 2.45) is 17.8 Å². The van der Waals surface area contributed by atoms with Crippen molar-refractivity contribution in [3.05, 3.63) is 237 Å². The highest BCUT2D eigenvalue weighted by Crippen LogP contribution is 2.46. The first-order valence-corrected chi connectivity index (χ1v) is 27.7. The van der Waals surface area contributed by atoms with Crippen molar-refractivity contribution in [1.29, 1.82) is 0 Å². The molecule has 0 spiro atoms. The number of fused-ring (bicyclic) bond motifs is 2. The predicted molar refractivity (Wildman–Crippen MR) is 302 cm³/mol. The van der Waals surface area contributed by atoms with Crippen molar-refractivity contribution in [3.8, 4) is 5.75 Å². The summed E-state index contributed by atoms with van der Waals surface area (Å²) in [4.78, 5) is 38.6. The summed E-state index contributed by atoms with van der Waals surface area (Å²) in [6, 6.07) is 60.7. The summed E-state index contributed by atoms with van der Waals surface area (Å²) in [6.07, 6.45) is 16.9. The normalized spacial score (nSPS) is 20.7. The smallest absolute Gasteiger partial charge is 0.276 e. The molecule has 8 nitrogen and oxygen atoms in total. The van der Waals surface area contributed by atoms with E-state index in [1.54, 1.807) is 4.68 Å². The maximum atomic E-state index is 13.4. The molecule has 6 atom stereocenters. The second-order valence-corrected chi connectivity index (χ2v) is 21.5. The third-order valence-corrected chi connectivity index (χ3v) is 16.2. The summed E-state index contributed by atoms with van der Waals surface area (Å²) in [5.74, 6) is 1.20. The van der Waals surface area contributed by atoms with Crippen molar-refractivity contribution in [2.75, 3.05) is 0 Å². The van der Waals surface area contributed by atoms with E-state index in [0.717, 1.165) is 78.7 Å². The molecule has 11 rings (SSSR count). The third-order valence-electron chi connectivity index (χ3n) is 16.2. The standard InChI is InChI=1S/C25H25N3O3.C21H26O.C14H12O.C7H14/c1-16-9-8-14-19-22(28-23(25(31)27(16)19)24(30)20(29)15-26-28)21(17-10-4-2-5-11-17)18-12-6-3-7-13-18;1-16-9-8-14-19(15-16)21(22)20(17-10-4-2-5-11-17)18-12-6-3-7-13-18;15-11-14(12-7-3-1-4-8-12)13-9-5-2-6-10-13;1-7-5-3-2-4-6-7/h2-7,10-13,15-16,19,21-22,30H,8-9,14H2,1H3;2-7,10-13,16,19-22H,8-9,14-15H2,1H3;1-11,14H;7H,2-6H2,1H3. The minimum absolute atomic E-state index is 0.000591. The Balaban J connectivity index is 0.000000147. The van der Waals surface area contributed by atoms with E-state index in [1.807, 2.05) is 121 Å². The molecule has 2 saturated carbocycles. The van der Waals surface area contributed by atoms with Gasteiger partial charge < -0.3 is 19.9 Å². The van der Waals surface area contributed by atoms with Crippen LogP contribution in [0.2, 0.25) is 0 Å². The van der Waals surface area contributed by atoms with Crippen LogP contribution in [0.25, 0.3) is 0 Å². The lowest BCUT2D eigenvalue weighted by Gasteiger charge is -2.50. The molecule has 2 aliphatic heterocycles. The van der Waals surface area contributed by atoms with Gasteiger partial charge in [0.2, 0.25) is 5.43 Å². The second-order valence-electron chi connectivity index (χ2n) is 21.5. The fourth-order valence-corrected chi connectivity index (χ4v) is 12.3. The molecule has 0 radical (unpaired) electrons. The van der Waals surface area contributed by atoms with E-state index < -0.39 is 11.2 Å². The van der Waals surface area contributed by atoms with Gasteiger partial charge in [-0.2, -0.15) is 5.10 Å². The Kier molecular flexibility index (Phi) is 19.6. The van der Waals surface area contributed by atoms with Crippen LogP contribution in [0.4, 0.5) is 0 Å². The summed E-state index contributed by atoms with van der Waals surface area (Å²) in [5.41, 5.74) is 6.11. The molecule has 2 aliphatic carbocycles. The van der Waals surface area contributed by atoms with Crippen LogP contribution in [-0.2, 0) is 4.79 Å². The largest absolute Gasteiger partial charge is 0.502 e. The molecule has 1 amide bonds. The molecule has 75 heavy (non-hydrogen) atoms. The number of benzene rings is 6. The highest BCUT2D eigenvalue weighted by atomic mass is 16.3. The molecule has 3 heterocycles. The van der Waals surface area contributed by atoms with Crippen molar-refractivity contribution in [2.45, 2.75) is 140 Å². The quantitative estimate of drug-likeness (QED) is 0.132. The number of carbonyl (C=O) groups is 2. The van der Waals surface area contributed by atoms with Crippen LogP contribution < -0.4 is 5.43 Å². The van der Waals surface area contributed by atoms with Crippen molar-refractivity contribution >= 4 is 12.2 Å². The molecule has 2 N–H and O–H groups in total. The van der Waals surface area contributed by atoms with Crippen LogP contribution in [-0.4, -0.2) is 55.3 Å². The summed E-state index contributed by atoms with van der Waals surface area (Å²) in [6.45, 7) is 6.72. The zero-order valence-electron chi connectivity index (χ0n) is 44.2. The Bertz CT molecular complexity index is 2740. The number of aliphatic hydroxyl groups is 1. The van der Waals surface area contributed by atoms with Gasteiger partial charge in [-0.3, -0.25) is 14.3 Å². The van der Waals surface area contributed by atoms with Crippen molar-refractivity contribution < 1.29 is 19.8 Å². The Morgan fingerprint density at radius 1 is 0.533 bits per heavy atom. The molecule has 4 aliphatic rings. The summed E-state index contributed by atoms with van der Waals surface area (Å²) < 4.78 is 1.61. The fraction of sp³-hybridized carbons (Fsp3) is 0.373. The zero-order chi connectivity index (χ0) is 52.5. The van der Waals surface area contributed by atoms with E-state index in [4.69, 9.17) is 0 Å². The number of aliphatic hydroxyl groups excluding tert-OH is 1. The minimum atomic E-state index is -0.627. The van der Waals surface area contributed by atoms with Crippen molar-refractivity contribution in [3.63, 3.8) is 0 Å². The topological polar surface area (TPSA) is 113 Å². The van der Waals surface area contributed by atoms with Crippen LogP contribution in [0, 0.1) is 17.8 Å². The number of aromatic hydroxyl groups is 1. The lowest BCUT2D eigenvalue weighted by atomic mass is 9.73. The Morgan fingerprint density at radius 3 is 1.41 bits per heavy atom. The van der Waals surface area contributed by atoms with Gasteiger partial charge in [-0.05, 0) is 90.2 Å². The molecule has 6 aromatic carbocycles. The van der Waals surface area contributed by atoms with Crippen LogP contribution in [0.5, 0.6) is 5.75 Å². The van der Waals surface area contributed by atoms with Gasteiger partial charge in [0.15, 0.2) is 11.4 Å². The lowest BCUT2D eigenvalue weighted by molar-refractivity contribution is -0.108. The van der Waals surface area contributed by atoms with E-state index in [2.05, 4.69) is 91.7 Å². The number of hydrogen-bond acceptors (Lipinski definition) is 6. The van der Waals surface area contributed by atoms with E-state index >= 15 is 0 Å². The Labute approximate surface area is 445 Å². The van der Waals surface area contributed by atoms with Gasteiger partial charge in [-0.1, -0.05) is 241 Å². The number of hydrogen-bond donors (Lipinski definition) is 2. The average molecular weight is 1000 g/mol. The number of piperidine rings is 1. The highest BCUT2D eigenvalue weighted by Gasteiger charge is 2.49. The van der Waals surface area contributed by atoms with Gasteiger partial charge in [0.1, 0.15) is 6.29 Å². The molecular weight excluding hydrogens is 927 g/mol. The van der Waals surface area contributed by atoms with E-state index in [9.17, 15) is 24.6 Å². The first-order chi connectivity index (χ1) is 36.6. The van der Waals surface area contributed by atoms with Gasteiger partial charge in [0, 0.05) is 17.9 Å². The second kappa shape index (κ2) is 27.1. The first kappa shape index (κ1) is 54.4. The fourth-order valence-electron chi connectivity index (χ4n) is 12.3. The van der Waals surface area contributed by atoms with Gasteiger partial charge >= 0.3 is 0 Å². The number of aromatic nitrogens is 2. The molecule has 3 fully saturated rings. The Hall–Kier alpha value is -6.90. The Morgan fingerprint density at radius 2 is 0.973 bits per heavy atom. The zero-order valence-corrected chi connectivity index (χ0v) is 44.2. The molecule has 6 unspecified atom stereocenters. The van der Waals surface area contributed by atoms with E-state index in [-0.39, 0.29) is 53.6 Å². The maximum Gasteiger partial charge on any atom is 0.276 e.